The average molecular weight is 499 g/mol. The van der Waals surface area contributed by atoms with Gasteiger partial charge in [0.15, 0.2) is 10.7 Å². The SMILES string of the molecule is Cc1[nH]n(-c2ccccc2)c(=O)c1N=Nc1sc(C=Nc2ccc(F)c(Cl)c2)c(Cl)c1C#N. The van der Waals surface area contributed by atoms with Gasteiger partial charge in [0.05, 0.1) is 32.0 Å². The zero-order valence-electron chi connectivity index (χ0n) is 16.9. The van der Waals surface area contributed by atoms with E-state index in [2.05, 4.69) is 20.3 Å². The number of hydrogen-bond donors (Lipinski definition) is 1. The maximum Gasteiger partial charge on any atom is 0.299 e. The van der Waals surface area contributed by atoms with Gasteiger partial charge in [0.2, 0.25) is 0 Å². The van der Waals surface area contributed by atoms with Crippen molar-refractivity contribution in [3.8, 4) is 11.8 Å². The third-order valence-corrected chi connectivity index (χ3v) is 6.30. The van der Waals surface area contributed by atoms with Crippen molar-refractivity contribution in [2.24, 2.45) is 15.2 Å². The number of H-pyrrole nitrogens is 1. The lowest BCUT2D eigenvalue weighted by atomic mass is 10.3. The van der Waals surface area contributed by atoms with E-state index in [4.69, 9.17) is 23.2 Å². The van der Waals surface area contributed by atoms with Crippen molar-refractivity contribution < 1.29 is 4.39 Å². The number of azo groups is 1. The quantitative estimate of drug-likeness (QED) is 0.236. The average Bonchev–Trinajstić information content (AvgIpc) is 3.28. The first-order valence-electron chi connectivity index (χ1n) is 9.39. The van der Waals surface area contributed by atoms with Crippen LogP contribution >= 0.6 is 34.5 Å². The molecule has 0 bridgehead atoms. The Morgan fingerprint density at radius 2 is 1.94 bits per heavy atom. The van der Waals surface area contributed by atoms with Crippen LogP contribution in [0.3, 0.4) is 0 Å². The molecule has 0 saturated heterocycles. The number of para-hydroxylation sites is 1. The third-order valence-electron chi connectivity index (χ3n) is 4.50. The van der Waals surface area contributed by atoms with Crippen LogP contribution in [0.5, 0.6) is 0 Å². The van der Waals surface area contributed by atoms with Crippen molar-refractivity contribution in [2.75, 3.05) is 0 Å². The molecule has 0 atom stereocenters. The molecule has 0 saturated carbocycles. The highest BCUT2D eigenvalue weighted by molar-refractivity contribution is 7.18. The maximum atomic E-state index is 13.3. The fraction of sp³-hybridized carbons (Fsp3) is 0.0455. The predicted molar refractivity (Wildman–Crippen MR) is 128 cm³/mol. The number of thiophene rings is 1. The zero-order valence-corrected chi connectivity index (χ0v) is 19.2. The zero-order chi connectivity index (χ0) is 23.5. The van der Waals surface area contributed by atoms with E-state index in [1.807, 2.05) is 24.3 Å². The number of nitriles is 1. The minimum atomic E-state index is -0.550. The molecule has 4 aromatic rings. The number of rotatable bonds is 5. The molecule has 0 aliphatic rings. The molecule has 0 radical (unpaired) electrons. The van der Waals surface area contributed by atoms with Crippen LogP contribution in [-0.2, 0) is 0 Å². The highest BCUT2D eigenvalue weighted by atomic mass is 35.5. The number of benzene rings is 2. The van der Waals surface area contributed by atoms with Crippen LogP contribution in [0.15, 0.2) is 68.5 Å². The summed E-state index contributed by atoms with van der Waals surface area (Å²) in [4.78, 5) is 17.5. The van der Waals surface area contributed by atoms with Gasteiger partial charge in [-0.3, -0.25) is 14.9 Å². The molecule has 7 nitrogen and oxygen atoms in total. The van der Waals surface area contributed by atoms with Gasteiger partial charge < -0.3 is 0 Å². The molecule has 0 spiro atoms. The second-order valence-electron chi connectivity index (χ2n) is 6.69. The molecule has 2 aromatic heterocycles. The van der Waals surface area contributed by atoms with Crippen LogP contribution in [-0.4, -0.2) is 16.0 Å². The lowest BCUT2D eigenvalue weighted by molar-refractivity contribution is 0.628. The summed E-state index contributed by atoms with van der Waals surface area (Å²) in [5, 5.41) is 21.0. The van der Waals surface area contributed by atoms with Gasteiger partial charge in [0.25, 0.3) is 5.56 Å². The summed E-state index contributed by atoms with van der Waals surface area (Å²) in [6.07, 6.45) is 1.43. The van der Waals surface area contributed by atoms with Crippen LogP contribution < -0.4 is 5.56 Å². The molecule has 0 fully saturated rings. The number of nitrogens with one attached hydrogen (secondary N) is 1. The first-order chi connectivity index (χ1) is 15.9. The van der Waals surface area contributed by atoms with Gasteiger partial charge in [-0.2, -0.15) is 5.26 Å². The molecular weight excluding hydrogens is 486 g/mol. The molecule has 164 valence electrons. The van der Waals surface area contributed by atoms with Gasteiger partial charge in [-0.1, -0.05) is 41.4 Å². The highest BCUT2D eigenvalue weighted by Crippen LogP contribution is 2.39. The van der Waals surface area contributed by atoms with E-state index in [9.17, 15) is 14.4 Å². The van der Waals surface area contributed by atoms with E-state index in [-0.39, 0.29) is 31.9 Å². The second-order valence-corrected chi connectivity index (χ2v) is 8.51. The van der Waals surface area contributed by atoms with E-state index in [1.165, 1.54) is 29.1 Å². The van der Waals surface area contributed by atoms with E-state index < -0.39 is 5.82 Å². The lowest BCUT2D eigenvalue weighted by Gasteiger charge is -1.99. The van der Waals surface area contributed by atoms with Gasteiger partial charge in [-0.25, -0.2) is 9.07 Å². The van der Waals surface area contributed by atoms with Crippen molar-refractivity contribution in [2.45, 2.75) is 6.92 Å². The Bertz CT molecular complexity index is 1500. The Labute approximate surface area is 201 Å². The topological polar surface area (TPSA) is 98.7 Å². The fourth-order valence-corrected chi connectivity index (χ4v) is 4.24. The summed E-state index contributed by atoms with van der Waals surface area (Å²) >= 11 is 13.2. The van der Waals surface area contributed by atoms with Crippen LogP contribution in [0.2, 0.25) is 10.0 Å². The van der Waals surface area contributed by atoms with Crippen molar-refractivity contribution in [1.82, 2.24) is 9.78 Å². The summed E-state index contributed by atoms with van der Waals surface area (Å²) in [6.45, 7) is 1.70. The molecule has 4 rings (SSSR count). The number of aryl methyl sites for hydroxylation is 1. The summed E-state index contributed by atoms with van der Waals surface area (Å²) < 4.78 is 14.7. The molecule has 11 heteroatoms. The monoisotopic (exact) mass is 498 g/mol. The maximum absolute atomic E-state index is 13.3. The summed E-state index contributed by atoms with van der Waals surface area (Å²) in [5.74, 6) is -0.550. The molecular formula is C22H13Cl2FN6OS. The number of nitrogens with zero attached hydrogens (tertiary/aromatic N) is 5. The van der Waals surface area contributed by atoms with Crippen LogP contribution in [0.1, 0.15) is 16.1 Å². The first-order valence-corrected chi connectivity index (χ1v) is 11.0. The van der Waals surface area contributed by atoms with E-state index >= 15 is 0 Å². The van der Waals surface area contributed by atoms with Crippen molar-refractivity contribution >= 4 is 57.1 Å². The van der Waals surface area contributed by atoms with Crippen molar-refractivity contribution in [3.63, 3.8) is 0 Å². The Morgan fingerprint density at radius 1 is 1.18 bits per heavy atom. The molecule has 0 unspecified atom stereocenters. The number of aliphatic imine (C=N–C) groups is 1. The predicted octanol–water partition coefficient (Wildman–Crippen LogP) is 7.02. The van der Waals surface area contributed by atoms with Gasteiger partial charge >= 0.3 is 0 Å². The normalized spacial score (nSPS) is 11.5. The summed E-state index contributed by atoms with van der Waals surface area (Å²) in [7, 11) is 0. The van der Waals surface area contributed by atoms with E-state index in [0.29, 0.717) is 21.9 Å². The fourth-order valence-electron chi connectivity index (χ4n) is 2.88. The Morgan fingerprint density at radius 3 is 2.64 bits per heavy atom. The lowest BCUT2D eigenvalue weighted by Crippen LogP contribution is -2.13. The Kier molecular flexibility index (Phi) is 6.51. The minimum Gasteiger partial charge on any atom is -0.293 e. The second kappa shape index (κ2) is 9.50. The van der Waals surface area contributed by atoms with Crippen molar-refractivity contribution in [3.05, 3.63) is 90.9 Å². The third kappa shape index (κ3) is 4.64. The number of halogens is 3. The van der Waals surface area contributed by atoms with Crippen molar-refractivity contribution in [1.29, 1.82) is 5.26 Å². The van der Waals surface area contributed by atoms with Crippen LogP contribution in [0.25, 0.3) is 5.69 Å². The largest absolute Gasteiger partial charge is 0.299 e. The van der Waals surface area contributed by atoms with Gasteiger partial charge in [0.1, 0.15) is 17.4 Å². The van der Waals surface area contributed by atoms with Crippen LogP contribution in [0.4, 0.5) is 20.8 Å². The van der Waals surface area contributed by atoms with E-state index in [0.717, 1.165) is 11.3 Å². The number of hydrogen-bond acceptors (Lipinski definition) is 6. The minimum absolute atomic E-state index is 0.0582. The number of aromatic nitrogens is 2. The molecule has 0 amide bonds. The summed E-state index contributed by atoms with van der Waals surface area (Å²) in [5.41, 5.74) is 1.44. The highest BCUT2D eigenvalue weighted by Gasteiger charge is 2.17. The standard InChI is InChI=1S/C22H13Cl2FN6OS/c1-12-20(22(32)31(30-12)14-5-3-2-4-6-14)28-29-21-15(10-26)19(24)18(33-21)11-27-13-7-8-17(25)16(23)9-13/h2-9,11,30H,1H3. The molecule has 0 aliphatic heterocycles. The smallest absolute Gasteiger partial charge is 0.293 e. The van der Waals surface area contributed by atoms with Gasteiger partial charge in [-0.15, -0.1) is 21.6 Å². The molecule has 2 aromatic carbocycles. The van der Waals surface area contributed by atoms with Crippen LogP contribution in [0, 0.1) is 24.1 Å². The molecule has 0 aliphatic carbocycles. The Balaban J connectivity index is 1.66. The number of aromatic amines is 1. The molecule has 2 heterocycles. The molecule has 33 heavy (non-hydrogen) atoms. The first kappa shape index (κ1) is 22.6. The van der Waals surface area contributed by atoms with E-state index in [1.54, 1.807) is 19.1 Å². The Hall–Kier alpha value is -3.58. The van der Waals surface area contributed by atoms with Gasteiger partial charge in [-0.05, 0) is 37.3 Å². The van der Waals surface area contributed by atoms with Gasteiger partial charge in [0, 0.05) is 6.21 Å². The molecule has 1 N–H and O–H groups in total. The summed E-state index contributed by atoms with van der Waals surface area (Å²) in [6, 6.07) is 15.1.